The maximum absolute atomic E-state index is 5.49. The van der Waals surface area contributed by atoms with Gasteiger partial charge in [-0.25, -0.2) is 0 Å². The quantitative estimate of drug-likeness (QED) is 0.885. The number of likely N-dealkylation sites (tertiary alicyclic amines) is 1. The van der Waals surface area contributed by atoms with Crippen LogP contribution in [0.5, 0.6) is 0 Å². The number of hydrogen-bond donors (Lipinski definition) is 1. The number of H-pyrrole nitrogens is 1. The van der Waals surface area contributed by atoms with E-state index < -0.39 is 0 Å². The molecule has 2 aromatic rings. The van der Waals surface area contributed by atoms with Crippen molar-refractivity contribution in [3.05, 3.63) is 10.5 Å². The fourth-order valence-corrected chi connectivity index (χ4v) is 3.54. The van der Waals surface area contributed by atoms with Crippen LogP contribution >= 0.6 is 12.2 Å². The zero-order valence-electron chi connectivity index (χ0n) is 12.5. The van der Waals surface area contributed by atoms with Gasteiger partial charge in [0.1, 0.15) is 5.52 Å². The predicted molar refractivity (Wildman–Crippen MR) is 83.5 cm³/mol. The van der Waals surface area contributed by atoms with Crippen molar-refractivity contribution in [3.8, 4) is 0 Å². The third-order valence-corrected chi connectivity index (χ3v) is 4.71. The Balaban J connectivity index is 1.90. The second kappa shape index (κ2) is 5.33. The van der Waals surface area contributed by atoms with Crippen LogP contribution in [-0.2, 0) is 13.6 Å². The smallest absolute Gasteiger partial charge is 0.179 e. The second-order valence-electron chi connectivity index (χ2n) is 5.89. The molecule has 20 heavy (non-hydrogen) atoms. The van der Waals surface area contributed by atoms with E-state index in [-0.39, 0.29) is 0 Å². The zero-order chi connectivity index (χ0) is 14.3. The summed E-state index contributed by atoms with van der Waals surface area (Å²) in [5.41, 5.74) is 3.19. The van der Waals surface area contributed by atoms with Gasteiger partial charge in [-0.1, -0.05) is 6.42 Å². The molecule has 1 unspecified atom stereocenters. The lowest BCUT2D eigenvalue weighted by atomic mass is 10.1. The second-order valence-corrected chi connectivity index (χ2v) is 6.28. The van der Waals surface area contributed by atoms with Crippen LogP contribution in [-0.4, -0.2) is 43.4 Å². The molecule has 0 aromatic carbocycles. The third kappa shape index (κ3) is 2.31. The van der Waals surface area contributed by atoms with Gasteiger partial charge in [0.05, 0.1) is 5.69 Å². The lowest BCUT2D eigenvalue weighted by Crippen LogP contribution is -2.39. The zero-order valence-corrected chi connectivity index (χ0v) is 13.3. The van der Waals surface area contributed by atoms with E-state index in [0.717, 1.165) is 28.2 Å². The van der Waals surface area contributed by atoms with Gasteiger partial charge in [0.25, 0.3) is 0 Å². The van der Waals surface area contributed by atoms with Crippen molar-refractivity contribution in [3.63, 3.8) is 0 Å². The molecule has 0 saturated carbocycles. The maximum Gasteiger partial charge on any atom is 0.179 e. The van der Waals surface area contributed by atoms with Crippen molar-refractivity contribution in [2.45, 2.75) is 45.7 Å². The number of imidazole rings is 1. The Morgan fingerprint density at radius 1 is 1.30 bits per heavy atom. The summed E-state index contributed by atoms with van der Waals surface area (Å²) in [6.07, 6.45) is 4.02. The van der Waals surface area contributed by atoms with Crippen molar-refractivity contribution < 1.29 is 0 Å². The van der Waals surface area contributed by atoms with Crippen molar-refractivity contribution in [2.75, 3.05) is 13.1 Å². The number of aromatic amines is 1. The third-order valence-electron chi connectivity index (χ3n) is 4.39. The normalized spacial score (nSPS) is 18.8. The molecule has 1 saturated heterocycles. The number of rotatable bonds is 3. The number of piperidine rings is 1. The fraction of sp³-hybridized carbons (Fsp3) is 0.714. The topological polar surface area (TPSA) is 41.8 Å². The Kier molecular flexibility index (Phi) is 3.69. The summed E-state index contributed by atoms with van der Waals surface area (Å²) in [6.45, 7) is 7.68. The van der Waals surface area contributed by atoms with Gasteiger partial charge in [-0.2, -0.15) is 5.10 Å². The van der Waals surface area contributed by atoms with Crippen molar-refractivity contribution in [1.82, 2.24) is 24.2 Å². The molecule has 0 amide bonds. The number of aryl methyl sites for hydroxylation is 2. The minimum atomic E-state index is 0.510. The number of fused-ring (bicyclic) bond motifs is 1. The summed E-state index contributed by atoms with van der Waals surface area (Å²) < 4.78 is 4.93. The highest BCUT2D eigenvalue weighted by Crippen LogP contribution is 2.19. The van der Waals surface area contributed by atoms with Crippen LogP contribution in [0.15, 0.2) is 0 Å². The summed E-state index contributed by atoms with van der Waals surface area (Å²) in [5.74, 6) is 0. The lowest BCUT2D eigenvalue weighted by Gasteiger charge is -2.32. The van der Waals surface area contributed by atoms with E-state index in [0.29, 0.717) is 6.04 Å². The van der Waals surface area contributed by atoms with E-state index in [9.17, 15) is 0 Å². The van der Waals surface area contributed by atoms with Gasteiger partial charge in [0.2, 0.25) is 0 Å². The first kappa shape index (κ1) is 13.8. The van der Waals surface area contributed by atoms with Gasteiger partial charge in [-0.15, -0.1) is 0 Å². The molecule has 6 heteroatoms. The van der Waals surface area contributed by atoms with Crippen LogP contribution in [0.4, 0.5) is 0 Å². The van der Waals surface area contributed by atoms with E-state index in [4.69, 9.17) is 12.2 Å². The first-order valence-corrected chi connectivity index (χ1v) is 7.85. The van der Waals surface area contributed by atoms with Crippen LogP contribution in [0.3, 0.4) is 0 Å². The average molecular weight is 293 g/mol. The van der Waals surface area contributed by atoms with Crippen LogP contribution in [0.1, 0.15) is 31.9 Å². The molecule has 0 radical (unpaired) electrons. The Morgan fingerprint density at radius 2 is 2.00 bits per heavy atom. The molecule has 1 atom stereocenters. The molecule has 5 nitrogen and oxygen atoms in total. The summed E-state index contributed by atoms with van der Waals surface area (Å²) in [5, 5.41) is 4.48. The molecule has 110 valence electrons. The standard InChI is InChI=1S/C14H23N5S/c1-10(18-7-5-4-6-8-18)9-19-13-12(15-14(19)20)11(2)16-17(13)3/h10H,4-9H2,1-3H3,(H,15,20). The predicted octanol–water partition coefficient (Wildman–Crippen LogP) is 2.62. The van der Waals surface area contributed by atoms with E-state index in [1.807, 2.05) is 18.7 Å². The highest BCUT2D eigenvalue weighted by Gasteiger charge is 2.20. The van der Waals surface area contributed by atoms with Gasteiger partial charge in [-0.05, 0) is 52.0 Å². The molecule has 1 aliphatic heterocycles. The summed E-state index contributed by atoms with van der Waals surface area (Å²) >= 11 is 5.49. The van der Waals surface area contributed by atoms with Gasteiger partial charge >= 0.3 is 0 Å². The number of hydrogen-bond acceptors (Lipinski definition) is 3. The Labute approximate surface area is 124 Å². The number of nitrogens with zero attached hydrogens (tertiary/aromatic N) is 4. The average Bonchev–Trinajstić information content (AvgIpc) is 2.90. The van der Waals surface area contributed by atoms with Crippen molar-refractivity contribution in [1.29, 1.82) is 0 Å². The molecule has 0 spiro atoms. The van der Waals surface area contributed by atoms with Gasteiger partial charge < -0.3 is 9.55 Å². The highest BCUT2D eigenvalue weighted by molar-refractivity contribution is 7.71. The van der Waals surface area contributed by atoms with E-state index in [2.05, 4.69) is 26.5 Å². The molecule has 0 bridgehead atoms. The Morgan fingerprint density at radius 3 is 2.70 bits per heavy atom. The van der Waals surface area contributed by atoms with Crippen molar-refractivity contribution >= 4 is 23.4 Å². The molecule has 2 aromatic heterocycles. The van der Waals surface area contributed by atoms with E-state index in [1.54, 1.807) is 0 Å². The number of nitrogens with one attached hydrogen (secondary N) is 1. The minimum absolute atomic E-state index is 0.510. The Hall–Kier alpha value is -1.14. The van der Waals surface area contributed by atoms with Crippen LogP contribution < -0.4 is 0 Å². The largest absolute Gasteiger partial charge is 0.328 e. The fourth-order valence-electron chi connectivity index (χ4n) is 3.28. The SMILES string of the molecule is Cc1nn(C)c2c1[nH]c(=S)n2CC(C)N1CCCCC1. The van der Waals surface area contributed by atoms with E-state index >= 15 is 0 Å². The minimum Gasteiger partial charge on any atom is -0.328 e. The summed E-state index contributed by atoms with van der Waals surface area (Å²) in [7, 11) is 1.99. The van der Waals surface area contributed by atoms with Gasteiger partial charge in [0, 0.05) is 19.6 Å². The highest BCUT2D eigenvalue weighted by atomic mass is 32.1. The van der Waals surface area contributed by atoms with Crippen molar-refractivity contribution in [2.24, 2.45) is 7.05 Å². The lowest BCUT2D eigenvalue weighted by molar-refractivity contribution is 0.160. The van der Waals surface area contributed by atoms with Gasteiger partial charge in [-0.3, -0.25) is 9.58 Å². The molecular weight excluding hydrogens is 270 g/mol. The summed E-state index contributed by atoms with van der Waals surface area (Å²) in [6, 6.07) is 0.510. The summed E-state index contributed by atoms with van der Waals surface area (Å²) in [4.78, 5) is 5.88. The van der Waals surface area contributed by atoms with Crippen LogP contribution in [0, 0.1) is 11.7 Å². The number of aromatic nitrogens is 4. The molecule has 1 aliphatic rings. The molecule has 0 aliphatic carbocycles. The first-order valence-electron chi connectivity index (χ1n) is 7.44. The molecule has 1 fully saturated rings. The molecule has 3 heterocycles. The van der Waals surface area contributed by atoms with Crippen LogP contribution in [0.2, 0.25) is 0 Å². The van der Waals surface area contributed by atoms with Gasteiger partial charge in [0.15, 0.2) is 10.4 Å². The van der Waals surface area contributed by atoms with Crippen LogP contribution in [0.25, 0.3) is 11.2 Å². The molecular formula is C14H23N5S. The molecule has 1 N–H and O–H groups in total. The maximum atomic E-state index is 5.49. The molecule has 3 rings (SSSR count). The van der Waals surface area contributed by atoms with E-state index in [1.165, 1.54) is 32.4 Å². The first-order chi connectivity index (χ1) is 9.58. The monoisotopic (exact) mass is 293 g/mol. The Bertz CT molecular complexity index is 659.